The van der Waals surface area contributed by atoms with E-state index in [1.165, 1.54) is 7.05 Å². The Labute approximate surface area is 125 Å². The highest BCUT2D eigenvalue weighted by atomic mass is 32.2. The number of hydrogen-bond acceptors (Lipinski definition) is 3. The molecule has 1 N–H and O–H groups in total. The summed E-state index contributed by atoms with van der Waals surface area (Å²) in [5.74, 6) is 0. The number of rotatable bonds is 7. The van der Waals surface area contributed by atoms with Crippen LogP contribution in [0.25, 0.3) is 0 Å². The highest BCUT2D eigenvalue weighted by Crippen LogP contribution is 2.21. The first-order valence-electron chi connectivity index (χ1n) is 6.72. The normalized spacial score (nSPS) is 12.6. The Morgan fingerprint density at radius 3 is 2.43 bits per heavy atom. The molecule has 0 fully saturated rings. The van der Waals surface area contributed by atoms with Crippen molar-refractivity contribution in [3.05, 3.63) is 29.3 Å². The fourth-order valence-electron chi connectivity index (χ4n) is 1.81. The third-order valence-electron chi connectivity index (χ3n) is 3.05. The second-order valence-electron chi connectivity index (χ2n) is 5.31. The van der Waals surface area contributed by atoms with Crippen LogP contribution in [0.5, 0.6) is 0 Å². The second kappa shape index (κ2) is 7.29. The number of aryl methyl sites for hydroxylation is 1. The molecule has 0 atom stereocenters. The minimum absolute atomic E-state index is 0.0775. The van der Waals surface area contributed by atoms with Gasteiger partial charge in [0.05, 0.1) is 11.4 Å². The molecule has 1 rings (SSSR count). The Kier molecular flexibility index (Phi) is 6.24. The van der Waals surface area contributed by atoms with Crippen LogP contribution < -0.4 is 5.32 Å². The van der Waals surface area contributed by atoms with Crippen LogP contribution in [0.2, 0.25) is 0 Å². The maximum Gasteiger partial charge on any atom is 0.252 e. The Morgan fingerprint density at radius 2 is 1.90 bits per heavy atom. The number of benzene rings is 1. The average Bonchev–Trinajstić information content (AvgIpc) is 2.36. The van der Waals surface area contributed by atoms with Crippen molar-refractivity contribution in [3.8, 4) is 0 Å². The predicted octanol–water partition coefficient (Wildman–Crippen LogP) is 2.38. The van der Waals surface area contributed by atoms with Gasteiger partial charge >= 0.3 is 0 Å². The summed E-state index contributed by atoms with van der Waals surface area (Å²) < 4.78 is 50.2. The van der Waals surface area contributed by atoms with Gasteiger partial charge in [-0.25, -0.2) is 17.2 Å². The van der Waals surface area contributed by atoms with E-state index in [1.807, 2.05) is 19.9 Å². The van der Waals surface area contributed by atoms with Gasteiger partial charge in [0.25, 0.3) is 6.43 Å². The van der Waals surface area contributed by atoms with Crippen LogP contribution in [0.1, 0.15) is 25.0 Å². The zero-order valence-corrected chi connectivity index (χ0v) is 13.5. The first-order chi connectivity index (χ1) is 9.64. The molecular formula is C14H22F2N2O2S. The zero-order chi connectivity index (χ0) is 16.2. The number of hydrogen-bond donors (Lipinski definition) is 1. The summed E-state index contributed by atoms with van der Waals surface area (Å²) >= 11 is 0. The summed E-state index contributed by atoms with van der Waals surface area (Å²) in [6, 6.07) is 5.34. The van der Waals surface area contributed by atoms with Crippen molar-refractivity contribution in [2.24, 2.45) is 0 Å². The third-order valence-corrected chi connectivity index (χ3v) is 5.02. The van der Waals surface area contributed by atoms with Crippen LogP contribution >= 0.6 is 0 Å². The summed E-state index contributed by atoms with van der Waals surface area (Å²) in [5, 5.41) is 3.19. The maximum absolute atomic E-state index is 12.4. The highest BCUT2D eigenvalue weighted by Gasteiger charge is 2.25. The monoisotopic (exact) mass is 320 g/mol. The molecule has 21 heavy (non-hydrogen) atoms. The lowest BCUT2D eigenvalue weighted by molar-refractivity contribution is 0.126. The molecule has 0 unspecified atom stereocenters. The maximum atomic E-state index is 12.4. The lowest BCUT2D eigenvalue weighted by atomic mass is 10.1. The van der Waals surface area contributed by atoms with Gasteiger partial charge in [-0.3, -0.25) is 0 Å². The van der Waals surface area contributed by atoms with E-state index in [-0.39, 0.29) is 10.9 Å². The summed E-state index contributed by atoms with van der Waals surface area (Å²) in [6.45, 7) is 5.35. The van der Waals surface area contributed by atoms with Gasteiger partial charge in [0, 0.05) is 19.6 Å². The zero-order valence-electron chi connectivity index (χ0n) is 12.7. The highest BCUT2D eigenvalue weighted by molar-refractivity contribution is 7.89. The molecule has 0 radical (unpaired) electrons. The van der Waals surface area contributed by atoms with Crippen LogP contribution in [0.15, 0.2) is 23.1 Å². The number of halogens is 2. The van der Waals surface area contributed by atoms with Gasteiger partial charge in [-0.2, -0.15) is 4.31 Å². The largest absolute Gasteiger partial charge is 0.310 e. The van der Waals surface area contributed by atoms with Crippen molar-refractivity contribution in [2.45, 2.75) is 44.7 Å². The Morgan fingerprint density at radius 1 is 1.29 bits per heavy atom. The molecule has 0 saturated heterocycles. The minimum Gasteiger partial charge on any atom is -0.310 e. The van der Waals surface area contributed by atoms with Crippen molar-refractivity contribution in [1.29, 1.82) is 0 Å². The van der Waals surface area contributed by atoms with Crippen molar-refractivity contribution >= 4 is 10.0 Å². The van der Waals surface area contributed by atoms with E-state index in [2.05, 4.69) is 5.32 Å². The third kappa shape index (κ3) is 5.01. The van der Waals surface area contributed by atoms with Crippen LogP contribution in [-0.2, 0) is 16.6 Å². The standard InChI is InChI=1S/C14H22F2N2O2S/c1-10(2)17-8-12-6-5-11(3)13(7-12)21(19,20)18(4)9-14(15)16/h5-7,10,14,17H,8-9H2,1-4H3. The molecular weight excluding hydrogens is 298 g/mol. The SMILES string of the molecule is Cc1ccc(CNC(C)C)cc1S(=O)(=O)N(C)CC(F)F. The Hall–Kier alpha value is -1.05. The molecule has 0 aromatic heterocycles. The molecule has 0 saturated carbocycles. The van der Waals surface area contributed by atoms with Gasteiger partial charge in [-0.15, -0.1) is 0 Å². The van der Waals surface area contributed by atoms with Gasteiger partial charge in [-0.05, 0) is 24.1 Å². The van der Waals surface area contributed by atoms with Gasteiger partial charge < -0.3 is 5.32 Å². The van der Waals surface area contributed by atoms with E-state index in [0.717, 1.165) is 5.56 Å². The van der Waals surface area contributed by atoms with Gasteiger partial charge in [0.1, 0.15) is 0 Å². The number of sulfonamides is 1. The molecule has 7 heteroatoms. The number of nitrogens with one attached hydrogen (secondary N) is 1. The molecule has 4 nitrogen and oxygen atoms in total. The van der Waals surface area contributed by atoms with E-state index in [0.29, 0.717) is 16.4 Å². The van der Waals surface area contributed by atoms with E-state index < -0.39 is 23.0 Å². The van der Waals surface area contributed by atoms with Crippen molar-refractivity contribution < 1.29 is 17.2 Å². The minimum atomic E-state index is -3.90. The molecule has 0 aliphatic heterocycles. The predicted molar refractivity (Wildman–Crippen MR) is 79.0 cm³/mol. The second-order valence-corrected chi connectivity index (χ2v) is 7.33. The summed E-state index contributed by atoms with van der Waals surface area (Å²) in [6.07, 6.45) is -2.70. The molecule has 1 aromatic carbocycles. The molecule has 0 bridgehead atoms. The molecule has 0 spiro atoms. The smallest absolute Gasteiger partial charge is 0.252 e. The van der Waals surface area contributed by atoms with Crippen LogP contribution in [0, 0.1) is 6.92 Å². The number of alkyl halides is 2. The first-order valence-corrected chi connectivity index (χ1v) is 8.16. The quantitative estimate of drug-likeness (QED) is 0.839. The Balaban J connectivity index is 3.07. The van der Waals surface area contributed by atoms with Crippen LogP contribution in [-0.4, -0.2) is 38.8 Å². The molecule has 1 aromatic rings. The molecule has 0 heterocycles. The molecule has 120 valence electrons. The van der Waals surface area contributed by atoms with Crippen LogP contribution in [0.4, 0.5) is 8.78 Å². The van der Waals surface area contributed by atoms with Crippen molar-refractivity contribution in [3.63, 3.8) is 0 Å². The summed E-state index contributed by atoms with van der Waals surface area (Å²) in [4.78, 5) is 0.0775. The van der Waals surface area contributed by atoms with Gasteiger partial charge in [-0.1, -0.05) is 26.0 Å². The Bertz CT molecular complexity index is 574. The molecule has 0 aliphatic rings. The van der Waals surface area contributed by atoms with E-state index in [4.69, 9.17) is 0 Å². The summed E-state index contributed by atoms with van der Waals surface area (Å²) in [5.41, 5.74) is 1.35. The summed E-state index contributed by atoms with van der Waals surface area (Å²) in [7, 11) is -2.73. The lowest BCUT2D eigenvalue weighted by Gasteiger charge is -2.19. The topological polar surface area (TPSA) is 49.4 Å². The van der Waals surface area contributed by atoms with Gasteiger partial charge in [0.15, 0.2) is 0 Å². The fourth-order valence-corrected chi connectivity index (χ4v) is 3.23. The lowest BCUT2D eigenvalue weighted by Crippen LogP contribution is -2.32. The van der Waals surface area contributed by atoms with E-state index in [1.54, 1.807) is 19.1 Å². The average molecular weight is 320 g/mol. The molecule has 0 amide bonds. The van der Waals surface area contributed by atoms with Crippen molar-refractivity contribution in [1.82, 2.24) is 9.62 Å². The molecule has 0 aliphatic carbocycles. The first kappa shape index (κ1) is 18.0. The fraction of sp³-hybridized carbons (Fsp3) is 0.571. The van der Waals surface area contributed by atoms with Gasteiger partial charge in [0.2, 0.25) is 10.0 Å². The van der Waals surface area contributed by atoms with Crippen LogP contribution in [0.3, 0.4) is 0 Å². The van der Waals surface area contributed by atoms with E-state index in [9.17, 15) is 17.2 Å². The van der Waals surface area contributed by atoms with E-state index >= 15 is 0 Å². The number of nitrogens with zero attached hydrogens (tertiary/aromatic N) is 1. The van der Waals surface area contributed by atoms with Crippen molar-refractivity contribution in [2.75, 3.05) is 13.6 Å².